The van der Waals surface area contributed by atoms with Crippen LogP contribution in [-0.2, 0) is 4.74 Å². The van der Waals surface area contributed by atoms with Gasteiger partial charge in [0, 0.05) is 6.61 Å². The van der Waals surface area contributed by atoms with Crippen molar-refractivity contribution in [2.75, 3.05) is 13.2 Å². The van der Waals surface area contributed by atoms with E-state index in [4.69, 9.17) is 9.15 Å². The Kier molecular flexibility index (Phi) is 6.41. The van der Waals surface area contributed by atoms with Crippen LogP contribution in [0.2, 0.25) is 0 Å². The predicted octanol–water partition coefficient (Wildman–Crippen LogP) is 4.43. The maximum atomic E-state index is 5.81. The van der Waals surface area contributed by atoms with Crippen molar-refractivity contribution in [3.63, 3.8) is 0 Å². The second-order valence-electron chi connectivity index (χ2n) is 5.21. The summed E-state index contributed by atoms with van der Waals surface area (Å²) in [7, 11) is 0. The molecule has 2 unspecified atom stereocenters. The van der Waals surface area contributed by atoms with E-state index in [9.17, 15) is 0 Å². The van der Waals surface area contributed by atoms with Gasteiger partial charge in [-0.3, -0.25) is 0 Å². The summed E-state index contributed by atoms with van der Waals surface area (Å²) in [6, 6.07) is 2.25. The summed E-state index contributed by atoms with van der Waals surface area (Å²) < 4.78 is 12.5. The summed E-state index contributed by atoms with van der Waals surface area (Å²) in [5.41, 5.74) is 0. The molecule has 0 spiro atoms. The van der Waals surface area contributed by atoms with Gasteiger partial charge in [-0.05, 0) is 67.1 Å². The number of hydrogen-bond acceptors (Lipinski definition) is 3. The Morgan fingerprint density at radius 1 is 1.47 bits per heavy atom. The first-order valence-corrected chi connectivity index (χ1v) is 8.18. The number of rotatable bonds is 7. The van der Waals surface area contributed by atoms with E-state index in [1.54, 1.807) is 6.26 Å². The van der Waals surface area contributed by atoms with Crippen LogP contribution in [0.25, 0.3) is 0 Å². The van der Waals surface area contributed by atoms with Crippen LogP contribution in [0.3, 0.4) is 0 Å². The summed E-state index contributed by atoms with van der Waals surface area (Å²) in [5, 5.41) is 3.57. The first-order valence-electron chi connectivity index (χ1n) is 7.39. The van der Waals surface area contributed by atoms with Crippen LogP contribution in [0.5, 0.6) is 0 Å². The fourth-order valence-corrected chi connectivity index (χ4v) is 3.06. The molecule has 3 nitrogen and oxygen atoms in total. The Balaban J connectivity index is 1.88. The van der Waals surface area contributed by atoms with Gasteiger partial charge in [0.1, 0.15) is 5.76 Å². The zero-order chi connectivity index (χ0) is 13.5. The molecule has 1 aliphatic rings. The summed E-state index contributed by atoms with van der Waals surface area (Å²) in [6.07, 6.45) is 9.23. The quantitative estimate of drug-likeness (QED) is 0.803. The molecule has 0 saturated carbocycles. The molecule has 2 heterocycles. The molecule has 2 atom stereocenters. The van der Waals surface area contributed by atoms with E-state index in [1.807, 2.05) is 6.07 Å². The van der Waals surface area contributed by atoms with Crippen LogP contribution in [0.15, 0.2) is 21.2 Å². The molecule has 108 valence electrons. The number of hydrogen-bond donors (Lipinski definition) is 1. The monoisotopic (exact) mass is 329 g/mol. The Hall–Kier alpha value is -0.320. The van der Waals surface area contributed by atoms with Crippen molar-refractivity contribution in [3.05, 3.63) is 22.6 Å². The van der Waals surface area contributed by atoms with E-state index >= 15 is 0 Å². The number of nitrogens with one attached hydrogen (secondary N) is 1. The van der Waals surface area contributed by atoms with Crippen molar-refractivity contribution in [2.45, 2.75) is 57.6 Å². The fraction of sp³-hybridized carbons (Fsp3) is 0.733. The average Bonchev–Trinajstić information content (AvgIpc) is 2.86. The van der Waals surface area contributed by atoms with Gasteiger partial charge >= 0.3 is 0 Å². The standard InChI is InChI=1S/C15H24BrNO2/c1-2-9-17-14(15-13(16)8-11-19-15)7-6-12-5-3-4-10-18-12/h8,11-12,14,17H,2-7,9-10H2,1H3. The largest absolute Gasteiger partial charge is 0.466 e. The Morgan fingerprint density at radius 3 is 3.00 bits per heavy atom. The minimum atomic E-state index is 0.287. The summed E-state index contributed by atoms with van der Waals surface area (Å²) >= 11 is 3.56. The van der Waals surface area contributed by atoms with Gasteiger partial charge in [-0.1, -0.05) is 6.92 Å². The SMILES string of the molecule is CCCNC(CCC1CCCCO1)c1occc1Br. The average molecular weight is 330 g/mol. The molecule has 2 rings (SSSR count). The van der Waals surface area contributed by atoms with Crippen molar-refractivity contribution >= 4 is 15.9 Å². The summed E-state index contributed by atoms with van der Waals surface area (Å²) in [5.74, 6) is 1.02. The van der Waals surface area contributed by atoms with Crippen LogP contribution >= 0.6 is 15.9 Å². The molecule has 0 aromatic carbocycles. The summed E-state index contributed by atoms with van der Waals surface area (Å²) in [4.78, 5) is 0. The second kappa shape index (κ2) is 8.08. The third-order valence-corrected chi connectivity index (χ3v) is 4.31. The van der Waals surface area contributed by atoms with Gasteiger partial charge < -0.3 is 14.5 Å². The molecule has 1 aromatic heterocycles. The molecule has 0 amide bonds. The highest BCUT2D eigenvalue weighted by molar-refractivity contribution is 9.10. The molecule has 19 heavy (non-hydrogen) atoms. The van der Waals surface area contributed by atoms with E-state index < -0.39 is 0 Å². The van der Waals surface area contributed by atoms with E-state index in [-0.39, 0.29) is 6.04 Å². The first kappa shape index (κ1) is 15.1. The van der Waals surface area contributed by atoms with Gasteiger partial charge in [0.15, 0.2) is 0 Å². The van der Waals surface area contributed by atoms with Crippen LogP contribution in [0, 0.1) is 0 Å². The lowest BCUT2D eigenvalue weighted by molar-refractivity contribution is 0.00819. The summed E-state index contributed by atoms with van der Waals surface area (Å²) in [6.45, 7) is 4.14. The second-order valence-corrected chi connectivity index (χ2v) is 6.06. The van der Waals surface area contributed by atoms with Crippen LogP contribution in [-0.4, -0.2) is 19.3 Å². The molecule has 0 radical (unpaired) electrons. The third-order valence-electron chi connectivity index (χ3n) is 3.65. The first-order chi connectivity index (χ1) is 9.31. The molecule has 4 heteroatoms. The normalized spacial score (nSPS) is 21.5. The molecule has 0 bridgehead atoms. The van der Waals surface area contributed by atoms with Gasteiger partial charge in [-0.2, -0.15) is 0 Å². The highest BCUT2D eigenvalue weighted by atomic mass is 79.9. The van der Waals surface area contributed by atoms with Gasteiger partial charge in [0.05, 0.1) is 22.9 Å². The van der Waals surface area contributed by atoms with Crippen molar-refractivity contribution in [2.24, 2.45) is 0 Å². The van der Waals surface area contributed by atoms with Crippen LogP contribution in [0.1, 0.15) is 57.3 Å². The van der Waals surface area contributed by atoms with E-state index in [1.165, 1.54) is 19.3 Å². The lowest BCUT2D eigenvalue weighted by Gasteiger charge is -2.25. The molecule has 1 fully saturated rings. The predicted molar refractivity (Wildman–Crippen MR) is 80.3 cm³/mol. The minimum Gasteiger partial charge on any atom is -0.466 e. The van der Waals surface area contributed by atoms with Crippen molar-refractivity contribution in [1.82, 2.24) is 5.32 Å². The maximum absolute atomic E-state index is 5.81. The zero-order valence-electron chi connectivity index (χ0n) is 11.7. The Morgan fingerprint density at radius 2 is 2.37 bits per heavy atom. The van der Waals surface area contributed by atoms with E-state index in [0.29, 0.717) is 6.10 Å². The Labute approximate surface area is 124 Å². The highest BCUT2D eigenvalue weighted by Crippen LogP contribution is 2.29. The van der Waals surface area contributed by atoms with Crippen LogP contribution < -0.4 is 5.32 Å². The number of furan rings is 1. The van der Waals surface area contributed by atoms with E-state index in [2.05, 4.69) is 28.2 Å². The lowest BCUT2D eigenvalue weighted by Crippen LogP contribution is -2.25. The van der Waals surface area contributed by atoms with Crippen molar-refractivity contribution in [3.8, 4) is 0 Å². The highest BCUT2D eigenvalue weighted by Gasteiger charge is 2.20. The molecule has 1 aliphatic heterocycles. The van der Waals surface area contributed by atoms with Crippen molar-refractivity contribution < 1.29 is 9.15 Å². The molecule has 1 aromatic rings. The van der Waals surface area contributed by atoms with Gasteiger partial charge in [-0.25, -0.2) is 0 Å². The van der Waals surface area contributed by atoms with Gasteiger partial charge in [0.25, 0.3) is 0 Å². The smallest absolute Gasteiger partial charge is 0.134 e. The zero-order valence-corrected chi connectivity index (χ0v) is 13.2. The number of halogens is 1. The molecular formula is C15H24BrNO2. The van der Waals surface area contributed by atoms with Crippen molar-refractivity contribution in [1.29, 1.82) is 0 Å². The molecule has 0 aliphatic carbocycles. The topological polar surface area (TPSA) is 34.4 Å². The molecular weight excluding hydrogens is 306 g/mol. The maximum Gasteiger partial charge on any atom is 0.134 e. The van der Waals surface area contributed by atoms with Gasteiger partial charge in [0.2, 0.25) is 0 Å². The number of ether oxygens (including phenoxy) is 1. The molecule has 1 N–H and O–H groups in total. The molecule has 1 saturated heterocycles. The minimum absolute atomic E-state index is 0.287. The Bertz CT molecular complexity index is 361. The lowest BCUT2D eigenvalue weighted by atomic mass is 10.0. The van der Waals surface area contributed by atoms with Gasteiger partial charge in [-0.15, -0.1) is 0 Å². The third kappa shape index (κ3) is 4.62. The van der Waals surface area contributed by atoms with E-state index in [0.717, 1.165) is 42.6 Å². The van der Waals surface area contributed by atoms with Crippen LogP contribution in [0.4, 0.5) is 0 Å². The fourth-order valence-electron chi connectivity index (χ4n) is 2.59.